The van der Waals surface area contributed by atoms with Crippen LogP contribution in [0.2, 0.25) is 0 Å². The van der Waals surface area contributed by atoms with Crippen molar-refractivity contribution in [2.45, 2.75) is 25.0 Å². The lowest BCUT2D eigenvalue weighted by atomic mass is 10.2. The maximum atomic E-state index is 12.9. The van der Waals surface area contributed by atoms with E-state index >= 15 is 0 Å². The van der Waals surface area contributed by atoms with Crippen LogP contribution in [0.5, 0.6) is 0 Å². The van der Waals surface area contributed by atoms with Gasteiger partial charge in [-0.15, -0.1) is 0 Å². The number of hydrogen-bond donors (Lipinski definition) is 2. The van der Waals surface area contributed by atoms with Gasteiger partial charge in [-0.3, -0.25) is 4.79 Å². The van der Waals surface area contributed by atoms with Crippen molar-refractivity contribution in [3.05, 3.63) is 27.6 Å². The van der Waals surface area contributed by atoms with Gasteiger partial charge in [0.05, 0.1) is 5.69 Å². The van der Waals surface area contributed by atoms with Crippen molar-refractivity contribution in [3.8, 4) is 0 Å². The first-order chi connectivity index (χ1) is 8.97. The Hall–Kier alpha value is -1.22. The third-order valence-electron chi connectivity index (χ3n) is 2.78. The molecule has 5 nitrogen and oxygen atoms in total. The highest BCUT2D eigenvalue weighted by molar-refractivity contribution is 14.1. The molecule has 2 atom stereocenters. The fourth-order valence-electron chi connectivity index (χ4n) is 1.82. The lowest BCUT2D eigenvalue weighted by Crippen LogP contribution is -2.30. The van der Waals surface area contributed by atoms with Crippen LogP contribution >= 0.6 is 22.6 Å². The second-order valence-electron chi connectivity index (χ2n) is 4.14. The lowest BCUT2D eigenvalue weighted by molar-refractivity contribution is -0.150. The minimum atomic E-state index is -1.06. The van der Waals surface area contributed by atoms with E-state index in [0.29, 0.717) is 22.1 Å². The highest BCUT2D eigenvalue weighted by Gasteiger charge is 2.34. The lowest BCUT2D eigenvalue weighted by Gasteiger charge is -2.12. The molecule has 1 saturated heterocycles. The number of carboxylic acid groups (broad SMARTS) is 1. The zero-order valence-corrected chi connectivity index (χ0v) is 11.9. The number of amides is 1. The molecule has 1 aliphatic rings. The summed E-state index contributed by atoms with van der Waals surface area (Å²) in [7, 11) is 0. The Morgan fingerprint density at radius 2 is 2.05 bits per heavy atom. The average molecular weight is 379 g/mol. The number of carboxylic acids is 1. The number of anilines is 1. The summed E-state index contributed by atoms with van der Waals surface area (Å²) in [6, 6.07) is 4.00. The molecule has 2 N–H and O–H groups in total. The predicted octanol–water partition coefficient (Wildman–Crippen LogP) is 2.00. The van der Waals surface area contributed by atoms with Crippen LogP contribution in [0.1, 0.15) is 12.8 Å². The highest BCUT2D eigenvalue weighted by atomic mass is 127. The average Bonchev–Trinajstić information content (AvgIpc) is 2.82. The number of hydrogen-bond acceptors (Lipinski definition) is 3. The fraction of sp³-hybridized carbons (Fsp3) is 0.333. The molecule has 1 aliphatic heterocycles. The summed E-state index contributed by atoms with van der Waals surface area (Å²) in [5, 5.41) is 11.4. The summed E-state index contributed by atoms with van der Waals surface area (Å²) in [6.07, 6.45) is -1.03. The van der Waals surface area contributed by atoms with E-state index in [2.05, 4.69) is 5.32 Å². The Bertz CT molecular complexity index is 522. The molecule has 7 heteroatoms. The molecule has 0 bridgehead atoms. The van der Waals surface area contributed by atoms with E-state index < -0.39 is 24.1 Å². The molecule has 1 aromatic rings. The van der Waals surface area contributed by atoms with Gasteiger partial charge in [-0.25, -0.2) is 9.18 Å². The van der Waals surface area contributed by atoms with E-state index in [1.807, 2.05) is 22.6 Å². The zero-order chi connectivity index (χ0) is 14.0. The standard InChI is InChI=1S/C12H11FINO4/c13-6-1-2-8(7(14)5-6)15-11(16)9-3-4-10(19-9)12(17)18/h1-2,5,9-10H,3-4H2,(H,15,16)(H,17,18). The van der Waals surface area contributed by atoms with Crippen molar-refractivity contribution in [2.24, 2.45) is 0 Å². The van der Waals surface area contributed by atoms with E-state index in [4.69, 9.17) is 9.84 Å². The van der Waals surface area contributed by atoms with E-state index in [0.717, 1.165) is 0 Å². The van der Waals surface area contributed by atoms with E-state index in [1.165, 1.54) is 18.2 Å². The van der Waals surface area contributed by atoms with E-state index in [-0.39, 0.29) is 5.82 Å². The van der Waals surface area contributed by atoms with Crippen LogP contribution in [-0.2, 0) is 14.3 Å². The van der Waals surface area contributed by atoms with Gasteiger partial charge in [0.25, 0.3) is 5.91 Å². The van der Waals surface area contributed by atoms with Crippen molar-refractivity contribution in [3.63, 3.8) is 0 Å². The van der Waals surface area contributed by atoms with Crippen molar-refractivity contribution < 1.29 is 23.8 Å². The quantitative estimate of drug-likeness (QED) is 0.788. The van der Waals surface area contributed by atoms with Gasteiger partial charge >= 0.3 is 5.97 Å². The molecule has 1 amide bonds. The fourth-order valence-corrected chi connectivity index (χ4v) is 2.43. The maximum absolute atomic E-state index is 12.9. The topological polar surface area (TPSA) is 75.6 Å². The maximum Gasteiger partial charge on any atom is 0.332 e. The van der Waals surface area contributed by atoms with Crippen LogP contribution < -0.4 is 5.32 Å². The first kappa shape index (κ1) is 14.2. The first-order valence-electron chi connectivity index (χ1n) is 5.61. The number of ether oxygens (including phenoxy) is 1. The van der Waals surface area contributed by atoms with Gasteiger partial charge in [0.15, 0.2) is 6.10 Å². The van der Waals surface area contributed by atoms with Crippen LogP contribution in [0, 0.1) is 9.39 Å². The summed E-state index contributed by atoms with van der Waals surface area (Å²) in [5.74, 6) is -1.86. The van der Waals surface area contributed by atoms with Gasteiger partial charge in [-0.05, 0) is 53.6 Å². The number of carbonyl (C=O) groups is 2. The zero-order valence-electron chi connectivity index (χ0n) is 9.73. The van der Waals surface area contributed by atoms with E-state index in [9.17, 15) is 14.0 Å². The molecule has 1 fully saturated rings. The molecule has 1 aromatic carbocycles. The van der Waals surface area contributed by atoms with Crippen molar-refractivity contribution in [1.82, 2.24) is 0 Å². The molecule has 102 valence electrons. The second-order valence-corrected chi connectivity index (χ2v) is 5.30. The molecule has 2 unspecified atom stereocenters. The molecule has 0 spiro atoms. The Kier molecular flexibility index (Phi) is 4.35. The van der Waals surface area contributed by atoms with Crippen molar-refractivity contribution >= 4 is 40.2 Å². The normalized spacial score (nSPS) is 22.2. The minimum absolute atomic E-state index is 0.313. The third-order valence-corrected chi connectivity index (χ3v) is 3.67. The van der Waals surface area contributed by atoms with Gasteiger partial charge < -0.3 is 15.2 Å². The SMILES string of the molecule is O=C(O)C1CCC(C(=O)Nc2ccc(F)cc2I)O1. The molecule has 0 aliphatic carbocycles. The Balaban J connectivity index is 2.00. The number of halogens is 2. The molecule has 0 aromatic heterocycles. The number of aliphatic carboxylic acids is 1. The van der Waals surface area contributed by atoms with Crippen LogP contribution in [0.15, 0.2) is 18.2 Å². The van der Waals surface area contributed by atoms with Gasteiger partial charge in [0.2, 0.25) is 0 Å². The largest absolute Gasteiger partial charge is 0.479 e. The van der Waals surface area contributed by atoms with E-state index in [1.54, 1.807) is 0 Å². The number of benzene rings is 1. The molecule has 2 rings (SSSR count). The molecular weight excluding hydrogens is 368 g/mol. The Labute approximate surface area is 122 Å². The molecule has 0 saturated carbocycles. The Morgan fingerprint density at radius 3 is 2.63 bits per heavy atom. The van der Waals surface area contributed by atoms with Gasteiger partial charge in [0.1, 0.15) is 11.9 Å². The third kappa shape index (κ3) is 3.41. The monoisotopic (exact) mass is 379 g/mol. The van der Waals surface area contributed by atoms with Gasteiger partial charge in [-0.1, -0.05) is 0 Å². The van der Waals surface area contributed by atoms with Crippen LogP contribution in [0.25, 0.3) is 0 Å². The number of carbonyl (C=O) groups excluding carboxylic acids is 1. The molecule has 19 heavy (non-hydrogen) atoms. The summed E-state index contributed by atoms with van der Waals surface area (Å²) < 4.78 is 18.6. The highest BCUT2D eigenvalue weighted by Crippen LogP contribution is 2.23. The first-order valence-corrected chi connectivity index (χ1v) is 6.69. The molecular formula is C12H11FINO4. The molecule has 1 heterocycles. The second kappa shape index (κ2) is 5.83. The summed E-state index contributed by atoms with van der Waals surface area (Å²) in [6.45, 7) is 0. The number of nitrogens with one attached hydrogen (secondary N) is 1. The smallest absolute Gasteiger partial charge is 0.332 e. The predicted molar refractivity (Wildman–Crippen MR) is 73.3 cm³/mol. The number of rotatable bonds is 3. The summed E-state index contributed by atoms with van der Waals surface area (Å²) in [5.41, 5.74) is 0.481. The van der Waals surface area contributed by atoms with Crippen LogP contribution in [0.4, 0.5) is 10.1 Å². The summed E-state index contributed by atoms with van der Waals surface area (Å²) >= 11 is 1.91. The minimum Gasteiger partial charge on any atom is -0.479 e. The van der Waals surface area contributed by atoms with Gasteiger partial charge in [0, 0.05) is 3.57 Å². The van der Waals surface area contributed by atoms with Crippen LogP contribution in [0.3, 0.4) is 0 Å². The summed E-state index contributed by atoms with van der Waals surface area (Å²) in [4.78, 5) is 22.6. The van der Waals surface area contributed by atoms with Gasteiger partial charge in [-0.2, -0.15) is 0 Å². The Morgan fingerprint density at radius 1 is 1.37 bits per heavy atom. The molecule has 0 radical (unpaired) electrons. The van der Waals surface area contributed by atoms with Crippen molar-refractivity contribution in [2.75, 3.05) is 5.32 Å². The van der Waals surface area contributed by atoms with Crippen molar-refractivity contribution in [1.29, 1.82) is 0 Å². The van der Waals surface area contributed by atoms with Crippen LogP contribution in [-0.4, -0.2) is 29.2 Å².